The van der Waals surface area contributed by atoms with E-state index in [1.54, 1.807) is 12.2 Å². The van der Waals surface area contributed by atoms with Crippen LogP contribution in [0.2, 0.25) is 0 Å². The Bertz CT molecular complexity index is 977. The summed E-state index contributed by atoms with van der Waals surface area (Å²) in [5.74, 6) is -2.36. The number of methoxy groups -OCH3 is 1. The van der Waals surface area contributed by atoms with Gasteiger partial charge in [-0.25, -0.2) is 4.79 Å². The first kappa shape index (κ1) is 19.7. The summed E-state index contributed by atoms with van der Waals surface area (Å²) in [7, 11) is 1.11. The molecule has 0 spiro atoms. The molecule has 1 saturated heterocycles. The predicted octanol–water partition coefficient (Wildman–Crippen LogP) is -1.65. The second-order valence-electron chi connectivity index (χ2n) is 6.70. The molecule has 1 aromatic heterocycles. The van der Waals surface area contributed by atoms with E-state index in [1.807, 2.05) is 0 Å². The first-order valence-electron chi connectivity index (χ1n) is 8.44. The Balaban J connectivity index is 1.70. The van der Waals surface area contributed by atoms with Crippen LogP contribution in [0.25, 0.3) is 0 Å². The van der Waals surface area contributed by atoms with E-state index in [-0.39, 0.29) is 6.54 Å². The standard InChI is InChI=1S/C17H19N3O8/c1-9-7-20(16(25)18-14(9)23)12-4-3-10(28-12)8-19-11(21)5-17(26,15(19)24)6-13(22)27-2/h3-4,7,10,12,26H,5-6,8H2,1-2H3,(H,18,23,25)/t10-,12+,17?/m0/s1. The van der Waals surface area contributed by atoms with E-state index in [2.05, 4.69) is 9.72 Å². The van der Waals surface area contributed by atoms with Gasteiger partial charge in [0, 0.05) is 11.8 Å². The van der Waals surface area contributed by atoms with Crippen LogP contribution in [0, 0.1) is 6.92 Å². The Morgan fingerprint density at radius 2 is 2.07 bits per heavy atom. The molecule has 0 aromatic carbocycles. The highest BCUT2D eigenvalue weighted by Crippen LogP contribution is 2.30. The highest BCUT2D eigenvalue weighted by molar-refractivity contribution is 6.08. The van der Waals surface area contributed by atoms with Crippen molar-refractivity contribution in [3.63, 3.8) is 0 Å². The lowest BCUT2D eigenvalue weighted by Crippen LogP contribution is -2.44. The van der Waals surface area contributed by atoms with Crippen molar-refractivity contribution in [3.8, 4) is 0 Å². The Morgan fingerprint density at radius 1 is 1.36 bits per heavy atom. The number of ether oxygens (including phenoxy) is 2. The fraction of sp³-hybridized carbons (Fsp3) is 0.471. The topological polar surface area (TPSA) is 148 Å². The van der Waals surface area contributed by atoms with Crippen LogP contribution in [-0.4, -0.2) is 62.7 Å². The summed E-state index contributed by atoms with van der Waals surface area (Å²) in [6.07, 6.45) is 1.76. The van der Waals surface area contributed by atoms with Gasteiger partial charge in [0.2, 0.25) is 5.91 Å². The highest BCUT2D eigenvalue weighted by Gasteiger charge is 2.52. The molecule has 3 rings (SSSR count). The van der Waals surface area contributed by atoms with Gasteiger partial charge in [0.05, 0.1) is 32.6 Å². The first-order valence-corrected chi connectivity index (χ1v) is 8.44. The number of carbonyl (C=O) groups is 3. The van der Waals surface area contributed by atoms with Gasteiger partial charge in [0.25, 0.3) is 11.5 Å². The third-order valence-electron chi connectivity index (χ3n) is 4.64. The number of imide groups is 1. The molecule has 0 radical (unpaired) electrons. The van der Waals surface area contributed by atoms with Gasteiger partial charge in [0.15, 0.2) is 11.8 Å². The zero-order valence-electron chi connectivity index (χ0n) is 15.2. The van der Waals surface area contributed by atoms with E-state index < -0.39 is 59.8 Å². The molecule has 150 valence electrons. The van der Waals surface area contributed by atoms with Crippen molar-refractivity contribution in [2.24, 2.45) is 0 Å². The summed E-state index contributed by atoms with van der Waals surface area (Å²) in [6, 6.07) is 0. The van der Waals surface area contributed by atoms with Crippen LogP contribution >= 0.6 is 0 Å². The summed E-state index contributed by atoms with van der Waals surface area (Å²) in [5.41, 5.74) is -2.98. The average Bonchev–Trinajstić information content (AvgIpc) is 3.17. The number of aliphatic hydroxyl groups is 1. The lowest BCUT2D eigenvalue weighted by atomic mass is 9.98. The number of nitrogens with zero attached hydrogens (tertiary/aromatic N) is 2. The summed E-state index contributed by atoms with van der Waals surface area (Å²) in [4.78, 5) is 62.4. The lowest BCUT2D eigenvalue weighted by molar-refractivity contribution is -0.156. The minimum absolute atomic E-state index is 0.189. The van der Waals surface area contributed by atoms with Gasteiger partial charge in [0.1, 0.15) is 0 Å². The maximum atomic E-state index is 12.4. The molecule has 2 aliphatic heterocycles. The van der Waals surface area contributed by atoms with Crippen molar-refractivity contribution in [1.29, 1.82) is 0 Å². The Morgan fingerprint density at radius 3 is 2.75 bits per heavy atom. The van der Waals surface area contributed by atoms with Crippen molar-refractivity contribution in [3.05, 3.63) is 44.8 Å². The molecule has 11 nitrogen and oxygen atoms in total. The van der Waals surface area contributed by atoms with Gasteiger partial charge in [-0.1, -0.05) is 6.08 Å². The molecule has 2 aliphatic rings. The molecule has 1 unspecified atom stereocenters. The number of rotatable bonds is 5. The van der Waals surface area contributed by atoms with Crippen LogP contribution in [0.5, 0.6) is 0 Å². The van der Waals surface area contributed by atoms with Crippen LogP contribution in [-0.2, 0) is 23.9 Å². The number of aromatic amines is 1. The monoisotopic (exact) mass is 393 g/mol. The molecule has 2 amide bonds. The number of aryl methyl sites for hydroxylation is 1. The molecule has 3 heterocycles. The third-order valence-corrected chi connectivity index (χ3v) is 4.64. The molecule has 0 saturated carbocycles. The van der Waals surface area contributed by atoms with Crippen molar-refractivity contribution >= 4 is 17.8 Å². The van der Waals surface area contributed by atoms with Gasteiger partial charge >= 0.3 is 11.7 Å². The highest BCUT2D eigenvalue weighted by atomic mass is 16.5. The second kappa shape index (κ2) is 7.17. The van der Waals surface area contributed by atoms with Crippen LogP contribution < -0.4 is 11.2 Å². The van der Waals surface area contributed by atoms with Gasteiger partial charge in [-0.2, -0.15) is 0 Å². The smallest absolute Gasteiger partial charge is 0.330 e. The Hall–Kier alpha value is -3.05. The zero-order chi connectivity index (χ0) is 20.6. The van der Waals surface area contributed by atoms with E-state index in [1.165, 1.54) is 17.7 Å². The van der Waals surface area contributed by atoms with Crippen molar-refractivity contribution in [1.82, 2.24) is 14.5 Å². The minimum atomic E-state index is -2.14. The summed E-state index contributed by atoms with van der Waals surface area (Å²) in [5, 5.41) is 10.3. The summed E-state index contributed by atoms with van der Waals surface area (Å²) in [6.45, 7) is 1.35. The molecular formula is C17H19N3O8. The minimum Gasteiger partial charge on any atom is -0.469 e. The van der Waals surface area contributed by atoms with Crippen LogP contribution in [0.15, 0.2) is 27.9 Å². The lowest BCUT2D eigenvalue weighted by Gasteiger charge is -2.22. The Labute approximate surface area is 158 Å². The maximum Gasteiger partial charge on any atom is 0.330 e. The fourth-order valence-electron chi connectivity index (χ4n) is 3.13. The normalized spacial score (nSPS) is 26.9. The predicted molar refractivity (Wildman–Crippen MR) is 92.0 cm³/mol. The van der Waals surface area contributed by atoms with Gasteiger partial charge in [-0.05, 0) is 13.0 Å². The number of hydrogen-bond donors (Lipinski definition) is 2. The van der Waals surface area contributed by atoms with Gasteiger partial charge < -0.3 is 14.6 Å². The number of carbonyl (C=O) groups excluding carboxylic acids is 3. The molecule has 1 fully saturated rings. The van der Waals surface area contributed by atoms with E-state index in [0.29, 0.717) is 5.56 Å². The van der Waals surface area contributed by atoms with E-state index in [9.17, 15) is 29.1 Å². The van der Waals surface area contributed by atoms with Crippen molar-refractivity contribution in [2.75, 3.05) is 13.7 Å². The Kier molecular flexibility index (Phi) is 5.04. The average molecular weight is 393 g/mol. The van der Waals surface area contributed by atoms with Crippen LogP contribution in [0.1, 0.15) is 24.6 Å². The number of aromatic nitrogens is 2. The van der Waals surface area contributed by atoms with Crippen molar-refractivity contribution in [2.45, 2.75) is 37.7 Å². The van der Waals surface area contributed by atoms with E-state index in [0.717, 1.165) is 12.0 Å². The van der Waals surface area contributed by atoms with E-state index in [4.69, 9.17) is 4.74 Å². The quantitative estimate of drug-likeness (QED) is 0.343. The molecule has 11 heteroatoms. The number of hydrogen-bond acceptors (Lipinski definition) is 8. The molecular weight excluding hydrogens is 374 g/mol. The van der Waals surface area contributed by atoms with E-state index >= 15 is 0 Å². The summed E-state index contributed by atoms with van der Waals surface area (Å²) < 4.78 is 11.3. The number of H-pyrrole nitrogens is 1. The van der Waals surface area contributed by atoms with Gasteiger partial charge in [-0.3, -0.25) is 33.6 Å². The second-order valence-corrected chi connectivity index (χ2v) is 6.70. The fourth-order valence-corrected chi connectivity index (χ4v) is 3.13. The maximum absolute atomic E-state index is 12.4. The zero-order valence-corrected chi connectivity index (χ0v) is 15.2. The SMILES string of the molecule is COC(=O)CC1(O)CC(=O)N(C[C@@H]2C=C[C@H](n3cc(C)c(=O)[nH]c3=O)O2)C1=O. The molecule has 0 bridgehead atoms. The van der Waals surface area contributed by atoms with Crippen LogP contribution in [0.4, 0.5) is 0 Å². The van der Waals surface area contributed by atoms with Crippen molar-refractivity contribution < 1.29 is 29.0 Å². The number of esters is 1. The summed E-state index contributed by atoms with van der Waals surface area (Å²) >= 11 is 0. The number of nitrogens with one attached hydrogen (secondary N) is 1. The number of likely N-dealkylation sites (tertiary alicyclic amines) is 1. The van der Waals surface area contributed by atoms with Gasteiger partial charge in [-0.15, -0.1) is 0 Å². The number of amides is 2. The van der Waals surface area contributed by atoms with Crippen LogP contribution in [0.3, 0.4) is 0 Å². The third kappa shape index (κ3) is 3.53. The molecule has 2 N–H and O–H groups in total. The first-order chi connectivity index (χ1) is 13.1. The molecule has 0 aliphatic carbocycles. The molecule has 28 heavy (non-hydrogen) atoms. The molecule has 1 aromatic rings. The molecule has 3 atom stereocenters. The largest absolute Gasteiger partial charge is 0.469 e.